The molecule has 2 N–H and O–H groups in total. The summed E-state index contributed by atoms with van der Waals surface area (Å²) < 4.78 is 40.6. The SMILES string of the molecule is Fc1cc(F)c(F)c(C2=CCCC2CC2=CNCN2)c1. The number of nitrogens with one attached hydrogen (secondary N) is 2. The van der Waals surface area contributed by atoms with E-state index in [9.17, 15) is 13.2 Å². The lowest BCUT2D eigenvalue weighted by Crippen LogP contribution is -2.16. The molecule has 0 fully saturated rings. The fourth-order valence-corrected chi connectivity index (χ4v) is 2.86. The molecule has 106 valence electrons. The molecular formula is C15H15F3N2. The van der Waals surface area contributed by atoms with E-state index in [-0.39, 0.29) is 11.5 Å². The Bertz CT molecular complexity index is 593. The lowest BCUT2D eigenvalue weighted by atomic mass is 9.90. The van der Waals surface area contributed by atoms with Crippen molar-refractivity contribution in [1.29, 1.82) is 0 Å². The van der Waals surface area contributed by atoms with Gasteiger partial charge in [-0.1, -0.05) is 6.08 Å². The minimum atomic E-state index is -1.13. The molecular weight excluding hydrogens is 265 g/mol. The number of benzene rings is 1. The van der Waals surface area contributed by atoms with Gasteiger partial charge in [-0.3, -0.25) is 0 Å². The smallest absolute Gasteiger partial charge is 0.166 e. The maximum Gasteiger partial charge on any atom is 0.166 e. The van der Waals surface area contributed by atoms with Crippen molar-refractivity contribution in [3.8, 4) is 0 Å². The number of hydrogen-bond acceptors (Lipinski definition) is 2. The largest absolute Gasteiger partial charge is 0.372 e. The Hall–Kier alpha value is -1.91. The monoisotopic (exact) mass is 280 g/mol. The molecule has 20 heavy (non-hydrogen) atoms. The maximum absolute atomic E-state index is 13.9. The quantitative estimate of drug-likeness (QED) is 0.830. The standard InChI is InChI=1S/C15H15F3N2/c16-10-5-13(15(18)14(17)6-10)12-3-1-2-9(12)4-11-7-19-8-20-11/h3,5-7,9,19-20H,1-2,4,8H2. The van der Waals surface area contributed by atoms with Crippen LogP contribution < -0.4 is 10.6 Å². The van der Waals surface area contributed by atoms with Gasteiger partial charge in [0, 0.05) is 23.5 Å². The van der Waals surface area contributed by atoms with Gasteiger partial charge in [-0.15, -0.1) is 0 Å². The summed E-state index contributed by atoms with van der Waals surface area (Å²) in [5.41, 5.74) is 1.80. The van der Waals surface area contributed by atoms with Gasteiger partial charge < -0.3 is 10.6 Å². The molecule has 1 aromatic carbocycles. The van der Waals surface area contributed by atoms with Crippen molar-refractivity contribution in [2.45, 2.75) is 19.3 Å². The molecule has 1 aliphatic heterocycles. The summed E-state index contributed by atoms with van der Waals surface area (Å²) in [6.07, 6.45) is 6.16. The summed E-state index contributed by atoms with van der Waals surface area (Å²) >= 11 is 0. The first kappa shape index (κ1) is 13.1. The van der Waals surface area contributed by atoms with Crippen LogP contribution in [0.3, 0.4) is 0 Å². The Balaban J connectivity index is 1.88. The van der Waals surface area contributed by atoms with Crippen LogP contribution >= 0.6 is 0 Å². The van der Waals surface area contributed by atoms with E-state index < -0.39 is 17.5 Å². The second kappa shape index (κ2) is 5.23. The average molecular weight is 280 g/mol. The van der Waals surface area contributed by atoms with E-state index in [1.165, 1.54) is 0 Å². The van der Waals surface area contributed by atoms with E-state index in [0.29, 0.717) is 18.3 Å². The van der Waals surface area contributed by atoms with Gasteiger partial charge in [-0.05, 0) is 36.8 Å². The van der Waals surface area contributed by atoms with Gasteiger partial charge in [0.25, 0.3) is 0 Å². The highest BCUT2D eigenvalue weighted by molar-refractivity contribution is 5.70. The van der Waals surface area contributed by atoms with E-state index in [1.807, 2.05) is 12.3 Å². The molecule has 0 spiro atoms. The molecule has 0 bridgehead atoms. The minimum absolute atomic E-state index is 0.0524. The maximum atomic E-state index is 13.9. The van der Waals surface area contributed by atoms with Gasteiger partial charge in [-0.2, -0.15) is 0 Å². The zero-order chi connectivity index (χ0) is 14.1. The Morgan fingerprint density at radius 3 is 2.80 bits per heavy atom. The summed E-state index contributed by atoms with van der Waals surface area (Å²) in [4.78, 5) is 0. The highest BCUT2D eigenvalue weighted by atomic mass is 19.2. The third-order valence-electron chi connectivity index (χ3n) is 3.78. The lowest BCUT2D eigenvalue weighted by molar-refractivity contribution is 0.490. The number of halogens is 3. The van der Waals surface area contributed by atoms with Crippen molar-refractivity contribution in [2.24, 2.45) is 5.92 Å². The first-order valence-electron chi connectivity index (χ1n) is 6.66. The summed E-state index contributed by atoms with van der Waals surface area (Å²) in [6, 6.07) is 1.66. The number of rotatable bonds is 3. The molecule has 2 nitrogen and oxygen atoms in total. The first-order chi connectivity index (χ1) is 9.65. The van der Waals surface area contributed by atoms with Gasteiger partial charge in [0.15, 0.2) is 11.6 Å². The molecule has 5 heteroatoms. The molecule has 1 unspecified atom stereocenters. The van der Waals surface area contributed by atoms with Crippen LogP contribution in [0.25, 0.3) is 5.57 Å². The molecule has 1 atom stereocenters. The second-order valence-electron chi connectivity index (χ2n) is 5.11. The summed E-state index contributed by atoms with van der Waals surface area (Å²) in [5.74, 6) is -2.75. The van der Waals surface area contributed by atoms with Crippen molar-refractivity contribution in [3.63, 3.8) is 0 Å². The fourth-order valence-electron chi connectivity index (χ4n) is 2.86. The summed E-state index contributed by atoms with van der Waals surface area (Å²) in [5, 5.41) is 6.22. The van der Waals surface area contributed by atoms with Crippen LogP contribution in [0.4, 0.5) is 13.2 Å². The highest BCUT2D eigenvalue weighted by Gasteiger charge is 2.26. The Morgan fingerprint density at radius 2 is 2.05 bits per heavy atom. The Kier molecular flexibility index (Phi) is 3.42. The van der Waals surface area contributed by atoms with Crippen LogP contribution in [0.2, 0.25) is 0 Å². The fraction of sp³-hybridized carbons (Fsp3) is 0.333. The van der Waals surface area contributed by atoms with Crippen LogP contribution in [-0.2, 0) is 0 Å². The van der Waals surface area contributed by atoms with Crippen molar-refractivity contribution < 1.29 is 13.2 Å². The molecule has 2 aliphatic rings. The molecule has 0 radical (unpaired) electrons. The molecule has 0 aromatic heterocycles. The van der Waals surface area contributed by atoms with E-state index in [2.05, 4.69) is 10.6 Å². The summed E-state index contributed by atoms with van der Waals surface area (Å²) in [7, 11) is 0. The molecule has 0 saturated heterocycles. The molecule has 3 rings (SSSR count). The van der Waals surface area contributed by atoms with Crippen LogP contribution in [0.15, 0.2) is 30.1 Å². The molecule has 1 aliphatic carbocycles. The average Bonchev–Trinajstić information content (AvgIpc) is 3.06. The van der Waals surface area contributed by atoms with Crippen LogP contribution in [-0.4, -0.2) is 6.67 Å². The molecule has 1 aromatic rings. The lowest BCUT2D eigenvalue weighted by Gasteiger charge is -2.17. The van der Waals surface area contributed by atoms with Crippen molar-refractivity contribution in [1.82, 2.24) is 10.6 Å². The molecule has 0 saturated carbocycles. The van der Waals surface area contributed by atoms with Crippen molar-refractivity contribution in [2.75, 3.05) is 6.67 Å². The first-order valence-corrected chi connectivity index (χ1v) is 6.66. The van der Waals surface area contributed by atoms with Crippen LogP contribution in [0, 0.1) is 23.4 Å². The zero-order valence-electron chi connectivity index (χ0n) is 10.8. The van der Waals surface area contributed by atoms with Crippen LogP contribution in [0.1, 0.15) is 24.8 Å². The van der Waals surface area contributed by atoms with Gasteiger partial charge in [0.2, 0.25) is 0 Å². The number of allylic oxidation sites excluding steroid dienone is 3. The predicted octanol–water partition coefficient (Wildman–Crippen LogP) is 3.28. The van der Waals surface area contributed by atoms with Gasteiger partial charge in [0.05, 0.1) is 6.67 Å². The van der Waals surface area contributed by atoms with Crippen molar-refractivity contribution in [3.05, 3.63) is 53.1 Å². The van der Waals surface area contributed by atoms with Gasteiger partial charge >= 0.3 is 0 Å². The highest BCUT2D eigenvalue weighted by Crippen LogP contribution is 2.39. The zero-order valence-corrected chi connectivity index (χ0v) is 10.8. The predicted molar refractivity (Wildman–Crippen MR) is 70.9 cm³/mol. The number of hydrogen-bond donors (Lipinski definition) is 2. The molecule has 1 heterocycles. The minimum Gasteiger partial charge on any atom is -0.372 e. The third-order valence-corrected chi connectivity index (χ3v) is 3.78. The van der Waals surface area contributed by atoms with Gasteiger partial charge in [-0.25, -0.2) is 13.2 Å². The molecule has 0 amide bonds. The van der Waals surface area contributed by atoms with E-state index in [4.69, 9.17) is 0 Å². The van der Waals surface area contributed by atoms with Crippen molar-refractivity contribution >= 4 is 5.57 Å². The van der Waals surface area contributed by atoms with E-state index >= 15 is 0 Å². The topological polar surface area (TPSA) is 24.1 Å². The normalized spacial score (nSPS) is 21.2. The van der Waals surface area contributed by atoms with Crippen LogP contribution in [0.5, 0.6) is 0 Å². The summed E-state index contributed by atoms with van der Waals surface area (Å²) in [6.45, 7) is 0.685. The van der Waals surface area contributed by atoms with Gasteiger partial charge in [0.1, 0.15) is 5.82 Å². The Morgan fingerprint density at radius 1 is 1.20 bits per heavy atom. The second-order valence-corrected chi connectivity index (χ2v) is 5.11. The third kappa shape index (κ3) is 2.40. The van der Waals surface area contributed by atoms with E-state index in [0.717, 1.165) is 31.0 Å². The Labute approximate surface area is 115 Å². The van der Waals surface area contributed by atoms with E-state index in [1.54, 1.807) is 0 Å².